The Hall–Kier alpha value is -1.92. The first-order valence-electron chi connectivity index (χ1n) is 5.78. The second-order valence-corrected chi connectivity index (χ2v) is 5.39. The summed E-state index contributed by atoms with van der Waals surface area (Å²) < 4.78 is 14.4. The van der Waals surface area contributed by atoms with Crippen molar-refractivity contribution in [1.82, 2.24) is 10.9 Å². The molecule has 0 saturated carbocycles. The maximum atomic E-state index is 13.5. The summed E-state index contributed by atoms with van der Waals surface area (Å²) in [5, 5.41) is 0.183. The molecule has 21 heavy (non-hydrogen) atoms. The summed E-state index contributed by atoms with van der Waals surface area (Å²) in [4.78, 5) is 23.5. The minimum Gasteiger partial charge on any atom is -0.267 e. The molecule has 0 heterocycles. The molecule has 2 aromatic carbocycles. The smallest absolute Gasteiger partial charge is 0.267 e. The number of hydrazine groups is 1. The zero-order chi connectivity index (χ0) is 15.4. The molecule has 2 aromatic rings. The average Bonchev–Trinajstić information content (AvgIpc) is 2.45. The van der Waals surface area contributed by atoms with E-state index in [4.69, 9.17) is 11.6 Å². The third-order valence-electron chi connectivity index (χ3n) is 2.57. The van der Waals surface area contributed by atoms with Crippen molar-refractivity contribution in [3.05, 3.63) is 68.9 Å². The van der Waals surface area contributed by atoms with Crippen molar-refractivity contribution in [1.29, 1.82) is 0 Å². The molecule has 0 spiro atoms. The molecule has 0 aliphatic heterocycles. The third-order valence-corrected chi connectivity index (χ3v) is 3.34. The molecule has 0 bridgehead atoms. The minimum atomic E-state index is -0.769. The van der Waals surface area contributed by atoms with E-state index < -0.39 is 17.6 Å². The molecule has 0 radical (unpaired) electrons. The van der Waals surface area contributed by atoms with Crippen LogP contribution in [0.3, 0.4) is 0 Å². The van der Waals surface area contributed by atoms with Gasteiger partial charge in [-0.05, 0) is 42.5 Å². The van der Waals surface area contributed by atoms with E-state index in [1.807, 2.05) is 0 Å². The highest BCUT2D eigenvalue weighted by molar-refractivity contribution is 9.10. The fourth-order valence-electron chi connectivity index (χ4n) is 1.53. The van der Waals surface area contributed by atoms with E-state index in [0.29, 0.717) is 5.56 Å². The Bertz CT molecular complexity index is 692. The molecule has 0 aliphatic carbocycles. The monoisotopic (exact) mass is 370 g/mol. The minimum absolute atomic E-state index is 0.183. The topological polar surface area (TPSA) is 58.2 Å². The molecule has 4 nitrogen and oxygen atoms in total. The van der Waals surface area contributed by atoms with Crippen LogP contribution in [0.2, 0.25) is 5.02 Å². The van der Waals surface area contributed by atoms with Crippen LogP contribution >= 0.6 is 27.5 Å². The predicted molar refractivity (Wildman–Crippen MR) is 80.5 cm³/mol. The van der Waals surface area contributed by atoms with Crippen molar-refractivity contribution in [3.63, 3.8) is 0 Å². The highest BCUT2D eigenvalue weighted by atomic mass is 79.9. The summed E-state index contributed by atoms with van der Waals surface area (Å²) >= 11 is 8.84. The van der Waals surface area contributed by atoms with Crippen molar-refractivity contribution in [2.24, 2.45) is 0 Å². The quantitative estimate of drug-likeness (QED) is 0.796. The summed E-state index contributed by atoms with van der Waals surface area (Å²) in [6.07, 6.45) is 0. The van der Waals surface area contributed by atoms with Crippen LogP contribution in [0.5, 0.6) is 0 Å². The van der Waals surface area contributed by atoms with Gasteiger partial charge in [-0.25, -0.2) is 4.39 Å². The van der Waals surface area contributed by atoms with Gasteiger partial charge >= 0.3 is 0 Å². The van der Waals surface area contributed by atoms with Gasteiger partial charge in [-0.1, -0.05) is 27.5 Å². The molecular weight excluding hydrogens is 363 g/mol. The van der Waals surface area contributed by atoms with Crippen LogP contribution in [0, 0.1) is 5.82 Å². The Morgan fingerprint density at radius 1 is 1.00 bits per heavy atom. The maximum Gasteiger partial charge on any atom is 0.272 e. The molecule has 0 unspecified atom stereocenters. The van der Waals surface area contributed by atoms with E-state index >= 15 is 0 Å². The number of rotatable bonds is 2. The summed E-state index contributed by atoms with van der Waals surface area (Å²) in [7, 11) is 0. The van der Waals surface area contributed by atoms with Gasteiger partial charge in [0.15, 0.2) is 0 Å². The van der Waals surface area contributed by atoms with Gasteiger partial charge in [0.05, 0.1) is 5.56 Å². The van der Waals surface area contributed by atoms with Crippen LogP contribution in [0.25, 0.3) is 0 Å². The van der Waals surface area contributed by atoms with Gasteiger partial charge < -0.3 is 0 Å². The Kier molecular flexibility index (Phi) is 4.93. The highest BCUT2D eigenvalue weighted by Crippen LogP contribution is 2.14. The van der Waals surface area contributed by atoms with E-state index in [-0.39, 0.29) is 10.6 Å². The standard InChI is InChI=1S/C14H9BrClFN2O2/c15-9-3-1-8(2-4-9)13(20)18-19-14(21)11-6-5-10(16)7-12(11)17/h1-7H,(H,18,20)(H,19,21). The van der Waals surface area contributed by atoms with Gasteiger partial charge in [-0.15, -0.1) is 0 Å². The Balaban J connectivity index is 2.00. The van der Waals surface area contributed by atoms with Gasteiger partial charge in [0, 0.05) is 15.1 Å². The molecule has 0 saturated heterocycles. The zero-order valence-corrected chi connectivity index (χ0v) is 12.8. The van der Waals surface area contributed by atoms with Crippen molar-refractivity contribution in [2.45, 2.75) is 0 Å². The number of hydrogen-bond donors (Lipinski definition) is 2. The van der Waals surface area contributed by atoms with Crippen LogP contribution in [-0.4, -0.2) is 11.8 Å². The molecule has 108 valence electrons. The number of carbonyl (C=O) groups is 2. The second kappa shape index (κ2) is 6.69. The maximum absolute atomic E-state index is 13.5. The summed E-state index contributed by atoms with van der Waals surface area (Å²) in [5.74, 6) is -2.04. The molecule has 0 aliphatic rings. The van der Waals surface area contributed by atoms with Gasteiger partial charge in [-0.3, -0.25) is 20.4 Å². The first kappa shape index (κ1) is 15.5. The Morgan fingerprint density at radius 3 is 2.24 bits per heavy atom. The van der Waals surface area contributed by atoms with Crippen LogP contribution in [0.15, 0.2) is 46.9 Å². The van der Waals surface area contributed by atoms with Crippen molar-refractivity contribution >= 4 is 39.3 Å². The van der Waals surface area contributed by atoms with Crippen LogP contribution < -0.4 is 10.9 Å². The van der Waals surface area contributed by atoms with Crippen LogP contribution in [0.1, 0.15) is 20.7 Å². The SMILES string of the molecule is O=C(NNC(=O)c1ccc(Cl)cc1F)c1ccc(Br)cc1. The lowest BCUT2D eigenvalue weighted by molar-refractivity contribution is 0.0844. The summed E-state index contributed by atoms with van der Waals surface area (Å²) in [6, 6.07) is 10.2. The van der Waals surface area contributed by atoms with Gasteiger partial charge in [-0.2, -0.15) is 0 Å². The number of hydrogen-bond acceptors (Lipinski definition) is 2. The fourth-order valence-corrected chi connectivity index (χ4v) is 1.95. The lowest BCUT2D eigenvalue weighted by Gasteiger charge is -2.08. The number of amides is 2. The van der Waals surface area contributed by atoms with Gasteiger partial charge in [0.1, 0.15) is 5.82 Å². The molecule has 7 heteroatoms. The fraction of sp³-hybridized carbons (Fsp3) is 0. The second-order valence-electron chi connectivity index (χ2n) is 4.04. The number of carbonyl (C=O) groups excluding carboxylic acids is 2. The Morgan fingerprint density at radius 2 is 1.62 bits per heavy atom. The third kappa shape index (κ3) is 4.03. The van der Waals surface area contributed by atoms with Crippen molar-refractivity contribution in [2.75, 3.05) is 0 Å². The van der Waals surface area contributed by atoms with Crippen molar-refractivity contribution in [3.8, 4) is 0 Å². The predicted octanol–water partition coefficient (Wildman–Crippen LogP) is 3.32. The first-order valence-corrected chi connectivity index (χ1v) is 6.96. The zero-order valence-electron chi connectivity index (χ0n) is 10.5. The molecular formula is C14H9BrClFN2O2. The summed E-state index contributed by atoms with van der Waals surface area (Å²) in [5.41, 5.74) is 4.49. The highest BCUT2D eigenvalue weighted by Gasteiger charge is 2.13. The van der Waals surface area contributed by atoms with Gasteiger partial charge in [0.25, 0.3) is 11.8 Å². The average molecular weight is 372 g/mol. The van der Waals surface area contributed by atoms with E-state index in [0.717, 1.165) is 10.5 Å². The summed E-state index contributed by atoms with van der Waals surface area (Å²) in [6.45, 7) is 0. The van der Waals surface area contributed by atoms with E-state index in [1.165, 1.54) is 12.1 Å². The molecule has 2 rings (SSSR count). The molecule has 2 amide bonds. The number of halogens is 3. The molecule has 0 fully saturated rings. The van der Waals surface area contributed by atoms with E-state index in [2.05, 4.69) is 26.8 Å². The molecule has 0 aromatic heterocycles. The van der Waals surface area contributed by atoms with Crippen LogP contribution in [0.4, 0.5) is 4.39 Å². The molecule has 0 atom stereocenters. The lowest BCUT2D eigenvalue weighted by Crippen LogP contribution is -2.41. The van der Waals surface area contributed by atoms with Gasteiger partial charge in [0.2, 0.25) is 0 Å². The lowest BCUT2D eigenvalue weighted by atomic mass is 10.2. The number of benzene rings is 2. The van der Waals surface area contributed by atoms with E-state index in [9.17, 15) is 14.0 Å². The van der Waals surface area contributed by atoms with E-state index in [1.54, 1.807) is 24.3 Å². The first-order chi connectivity index (χ1) is 9.97. The van der Waals surface area contributed by atoms with Crippen molar-refractivity contribution < 1.29 is 14.0 Å². The Labute approximate surface area is 133 Å². The van der Waals surface area contributed by atoms with Crippen LogP contribution in [-0.2, 0) is 0 Å². The molecule has 2 N–H and O–H groups in total. The number of nitrogens with one attached hydrogen (secondary N) is 2. The normalized spacial score (nSPS) is 10.0. The largest absolute Gasteiger partial charge is 0.272 e.